The average molecular weight is 208 g/mol. The van der Waals surface area contributed by atoms with Crippen molar-refractivity contribution in [1.29, 1.82) is 0 Å². The lowest BCUT2D eigenvalue weighted by atomic mass is 10.1. The molecule has 3 heteroatoms. The molecule has 2 atom stereocenters. The highest BCUT2D eigenvalue weighted by Gasteiger charge is 2.26. The summed E-state index contributed by atoms with van der Waals surface area (Å²) in [6, 6.07) is 4.16. The van der Waals surface area contributed by atoms with Crippen molar-refractivity contribution in [3.63, 3.8) is 0 Å². The Bertz CT molecular complexity index is 276. The van der Waals surface area contributed by atoms with E-state index in [-0.39, 0.29) is 0 Å². The molecule has 0 radical (unpaired) electrons. The summed E-state index contributed by atoms with van der Waals surface area (Å²) in [6.45, 7) is 0.836. The Hall–Kier alpha value is -0.540. The van der Waals surface area contributed by atoms with E-state index in [2.05, 4.69) is 17.1 Å². The molecule has 2 unspecified atom stereocenters. The minimum absolute atomic E-state index is 0.716. The van der Waals surface area contributed by atoms with E-state index in [9.17, 15) is 0 Å². The minimum Gasteiger partial charge on any atom is -0.330 e. The molecule has 14 heavy (non-hydrogen) atoms. The minimum atomic E-state index is 0.716. The predicted molar refractivity (Wildman–Crippen MR) is 60.3 cm³/mol. The van der Waals surface area contributed by atoms with Gasteiger partial charge in [-0.1, -0.05) is 6.42 Å². The average Bonchev–Trinajstić information content (AvgIpc) is 2.67. The Labute approximate surface area is 89.3 Å². The molecule has 0 bridgehead atoms. The molecule has 0 amide bonds. The number of hydrogen-bond acceptors (Lipinski definition) is 3. The number of nitrogens with zero attached hydrogens (tertiary/aromatic N) is 1. The lowest BCUT2D eigenvalue weighted by Crippen LogP contribution is -2.20. The molecule has 0 aliphatic heterocycles. The van der Waals surface area contributed by atoms with Crippen LogP contribution in [0, 0.1) is 5.92 Å². The first-order valence-corrected chi connectivity index (χ1v) is 6.05. The zero-order valence-corrected chi connectivity index (χ0v) is 9.04. The van der Waals surface area contributed by atoms with Gasteiger partial charge < -0.3 is 5.73 Å². The van der Waals surface area contributed by atoms with Gasteiger partial charge in [-0.15, -0.1) is 11.8 Å². The summed E-state index contributed by atoms with van der Waals surface area (Å²) in [5, 5.41) is 0.724. The largest absolute Gasteiger partial charge is 0.330 e. The van der Waals surface area contributed by atoms with E-state index in [1.807, 2.05) is 24.2 Å². The Morgan fingerprint density at radius 2 is 2.14 bits per heavy atom. The van der Waals surface area contributed by atoms with Gasteiger partial charge in [-0.05, 0) is 37.4 Å². The summed E-state index contributed by atoms with van der Waals surface area (Å²) in [5.74, 6) is 0.716. The van der Waals surface area contributed by atoms with Crippen molar-refractivity contribution in [3.8, 4) is 0 Å². The van der Waals surface area contributed by atoms with Crippen LogP contribution in [0.4, 0.5) is 0 Å². The van der Waals surface area contributed by atoms with Gasteiger partial charge in [0.05, 0.1) is 0 Å². The van der Waals surface area contributed by atoms with Crippen molar-refractivity contribution >= 4 is 11.8 Å². The molecule has 1 saturated carbocycles. The molecular formula is C11H16N2S. The summed E-state index contributed by atoms with van der Waals surface area (Å²) >= 11 is 1.96. The van der Waals surface area contributed by atoms with E-state index >= 15 is 0 Å². The summed E-state index contributed by atoms with van der Waals surface area (Å²) in [5.41, 5.74) is 5.75. The molecular weight excluding hydrogens is 192 g/mol. The topological polar surface area (TPSA) is 38.9 Å². The van der Waals surface area contributed by atoms with Gasteiger partial charge in [0.25, 0.3) is 0 Å². The third-order valence-corrected chi connectivity index (χ3v) is 4.30. The highest BCUT2D eigenvalue weighted by Crippen LogP contribution is 2.38. The molecule has 0 spiro atoms. The SMILES string of the molecule is NCC1CCCC1Sc1ccncc1. The van der Waals surface area contributed by atoms with Crippen LogP contribution in [0.2, 0.25) is 0 Å². The van der Waals surface area contributed by atoms with Gasteiger partial charge in [0.1, 0.15) is 0 Å². The Kier molecular flexibility index (Phi) is 3.43. The Morgan fingerprint density at radius 3 is 2.86 bits per heavy atom. The standard InChI is InChI=1S/C11H16N2S/c12-8-9-2-1-3-11(9)14-10-4-6-13-7-5-10/h4-7,9,11H,1-3,8,12H2. The monoisotopic (exact) mass is 208 g/mol. The maximum atomic E-state index is 5.75. The molecule has 1 aliphatic carbocycles. The lowest BCUT2D eigenvalue weighted by Gasteiger charge is -2.16. The molecule has 1 aromatic heterocycles. The van der Waals surface area contributed by atoms with Crippen LogP contribution in [-0.4, -0.2) is 16.8 Å². The molecule has 0 saturated heterocycles. The zero-order valence-electron chi connectivity index (χ0n) is 8.23. The van der Waals surface area contributed by atoms with Crippen molar-refractivity contribution in [2.45, 2.75) is 29.4 Å². The van der Waals surface area contributed by atoms with Crippen LogP contribution in [0.5, 0.6) is 0 Å². The van der Waals surface area contributed by atoms with Crippen molar-refractivity contribution in [2.24, 2.45) is 11.7 Å². The number of nitrogens with two attached hydrogens (primary N) is 1. The number of rotatable bonds is 3. The van der Waals surface area contributed by atoms with Gasteiger partial charge in [-0.3, -0.25) is 4.98 Å². The summed E-state index contributed by atoms with van der Waals surface area (Å²) in [6.07, 6.45) is 7.67. The Balaban J connectivity index is 1.97. The second-order valence-corrected chi connectivity index (χ2v) is 5.08. The fourth-order valence-corrected chi connectivity index (χ4v) is 3.37. The highest BCUT2D eigenvalue weighted by molar-refractivity contribution is 8.00. The first-order valence-electron chi connectivity index (χ1n) is 5.17. The summed E-state index contributed by atoms with van der Waals surface area (Å²) < 4.78 is 0. The van der Waals surface area contributed by atoms with Crippen LogP contribution in [0.25, 0.3) is 0 Å². The summed E-state index contributed by atoms with van der Waals surface area (Å²) in [4.78, 5) is 5.35. The first kappa shape index (κ1) is 9.99. The van der Waals surface area contributed by atoms with Crippen molar-refractivity contribution in [2.75, 3.05) is 6.54 Å². The van der Waals surface area contributed by atoms with Crippen molar-refractivity contribution in [3.05, 3.63) is 24.5 Å². The van der Waals surface area contributed by atoms with Gasteiger partial charge in [-0.25, -0.2) is 0 Å². The molecule has 2 rings (SSSR count). The normalized spacial score (nSPS) is 26.6. The van der Waals surface area contributed by atoms with E-state index in [1.165, 1.54) is 24.2 Å². The smallest absolute Gasteiger partial charge is 0.0278 e. The second-order valence-electron chi connectivity index (χ2n) is 3.77. The zero-order chi connectivity index (χ0) is 9.80. The molecule has 2 nitrogen and oxygen atoms in total. The Morgan fingerprint density at radius 1 is 1.36 bits per heavy atom. The second kappa shape index (κ2) is 4.80. The molecule has 1 heterocycles. The maximum absolute atomic E-state index is 5.75. The van der Waals surface area contributed by atoms with Crippen molar-refractivity contribution < 1.29 is 0 Å². The van der Waals surface area contributed by atoms with E-state index in [4.69, 9.17) is 5.73 Å². The van der Waals surface area contributed by atoms with E-state index in [0.717, 1.165) is 11.8 Å². The third-order valence-electron chi connectivity index (χ3n) is 2.83. The predicted octanol–water partition coefficient (Wildman–Crippen LogP) is 2.30. The molecule has 0 aromatic carbocycles. The quantitative estimate of drug-likeness (QED) is 0.828. The molecule has 1 aliphatic rings. The fourth-order valence-electron chi connectivity index (χ4n) is 2.02. The number of thioether (sulfide) groups is 1. The van der Waals surface area contributed by atoms with Crippen LogP contribution in [0.3, 0.4) is 0 Å². The molecule has 1 aromatic rings. The molecule has 2 N–H and O–H groups in total. The van der Waals surface area contributed by atoms with Crippen molar-refractivity contribution in [1.82, 2.24) is 4.98 Å². The van der Waals surface area contributed by atoms with Gasteiger partial charge in [0.15, 0.2) is 0 Å². The molecule has 1 fully saturated rings. The van der Waals surface area contributed by atoms with Crippen LogP contribution in [0.15, 0.2) is 29.4 Å². The lowest BCUT2D eigenvalue weighted by molar-refractivity contribution is 0.573. The fraction of sp³-hybridized carbons (Fsp3) is 0.545. The van der Waals surface area contributed by atoms with Gasteiger partial charge in [0.2, 0.25) is 0 Å². The van der Waals surface area contributed by atoms with Gasteiger partial charge in [0, 0.05) is 22.5 Å². The van der Waals surface area contributed by atoms with Crippen LogP contribution >= 0.6 is 11.8 Å². The van der Waals surface area contributed by atoms with Gasteiger partial charge in [-0.2, -0.15) is 0 Å². The van der Waals surface area contributed by atoms with Crippen LogP contribution in [-0.2, 0) is 0 Å². The molecule has 76 valence electrons. The highest BCUT2D eigenvalue weighted by atomic mass is 32.2. The van der Waals surface area contributed by atoms with E-state index in [1.54, 1.807) is 0 Å². The number of pyridine rings is 1. The van der Waals surface area contributed by atoms with Gasteiger partial charge >= 0.3 is 0 Å². The third kappa shape index (κ3) is 2.28. The number of hydrogen-bond donors (Lipinski definition) is 1. The van der Waals surface area contributed by atoms with E-state index < -0.39 is 0 Å². The van der Waals surface area contributed by atoms with Crippen LogP contribution < -0.4 is 5.73 Å². The summed E-state index contributed by atoms with van der Waals surface area (Å²) in [7, 11) is 0. The number of aromatic nitrogens is 1. The maximum Gasteiger partial charge on any atom is 0.0278 e. The van der Waals surface area contributed by atoms with E-state index in [0.29, 0.717) is 5.92 Å². The van der Waals surface area contributed by atoms with Crippen LogP contribution in [0.1, 0.15) is 19.3 Å². The first-order chi connectivity index (χ1) is 6.90.